The number of nitrogens with zero attached hydrogens (tertiary/aromatic N) is 3. The van der Waals surface area contributed by atoms with Crippen LogP contribution in [0.3, 0.4) is 0 Å². The summed E-state index contributed by atoms with van der Waals surface area (Å²) < 4.78 is 0. The predicted octanol–water partition coefficient (Wildman–Crippen LogP) is 3.89. The van der Waals surface area contributed by atoms with E-state index < -0.39 is 23.0 Å². The van der Waals surface area contributed by atoms with Gasteiger partial charge >= 0.3 is 0 Å². The van der Waals surface area contributed by atoms with E-state index in [-0.39, 0.29) is 17.5 Å². The molecule has 0 saturated carbocycles. The number of carbonyl (C=O) groups is 2. The second-order valence-electron chi connectivity index (χ2n) is 7.33. The fourth-order valence-corrected chi connectivity index (χ4v) is 4.11. The highest BCUT2D eigenvalue weighted by atomic mass is 35.5. The van der Waals surface area contributed by atoms with Crippen molar-refractivity contribution in [1.82, 2.24) is 4.90 Å². The molecule has 9 heteroatoms. The number of amides is 2. The van der Waals surface area contributed by atoms with E-state index in [2.05, 4.69) is 0 Å². The SMILES string of the molecule is CCCCN1C(=O)[C@H]2[C@@H](c3cccc([N+](=O)[O-])c3)N(c3ccc(Cl)cc3)O[C@H]2C1=O. The summed E-state index contributed by atoms with van der Waals surface area (Å²) >= 11 is 5.99. The van der Waals surface area contributed by atoms with Gasteiger partial charge in [-0.2, -0.15) is 0 Å². The van der Waals surface area contributed by atoms with Gasteiger partial charge in [0.05, 0.1) is 16.7 Å². The number of hydrogen-bond donors (Lipinski definition) is 0. The predicted molar refractivity (Wildman–Crippen MR) is 110 cm³/mol. The molecule has 8 nitrogen and oxygen atoms in total. The third-order valence-corrected chi connectivity index (χ3v) is 5.70. The number of hydrogen-bond acceptors (Lipinski definition) is 6. The van der Waals surface area contributed by atoms with Gasteiger partial charge in [0.25, 0.3) is 11.6 Å². The number of unbranched alkanes of at least 4 members (excludes halogenated alkanes) is 1. The topological polar surface area (TPSA) is 93.0 Å². The van der Waals surface area contributed by atoms with Gasteiger partial charge in [0.1, 0.15) is 5.92 Å². The number of likely N-dealkylation sites (tertiary alicyclic amines) is 1. The van der Waals surface area contributed by atoms with Crippen LogP contribution in [-0.2, 0) is 14.4 Å². The average Bonchev–Trinajstić information content (AvgIpc) is 3.24. The van der Waals surface area contributed by atoms with Crippen LogP contribution in [0.4, 0.5) is 11.4 Å². The first-order valence-electron chi connectivity index (χ1n) is 9.73. The summed E-state index contributed by atoms with van der Waals surface area (Å²) in [5.74, 6) is -1.47. The first-order valence-corrected chi connectivity index (χ1v) is 10.1. The number of anilines is 1. The molecule has 2 aliphatic heterocycles. The fourth-order valence-electron chi connectivity index (χ4n) is 3.98. The van der Waals surface area contributed by atoms with Crippen LogP contribution in [0.15, 0.2) is 48.5 Å². The van der Waals surface area contributed by atoms with Crippen molar-refractivity contribution in [1.29, 1.82) is 0 Å². The Balaban J connectivity index is 1.77. The average molecular weight is 430 g/mol. The Morgan fingerprint density at radius 3 is 2.53 bits per heavy atom. The molecule has 2 aromatic rings. The minimum Gasteiger partial charge on any atom is -0.280 e. The Morgan fingerprint density at radius 1 is 1.13 bits per heavy atom. The molecule has 0 N–H and O–H groups in total. The van der Waals surface area contributed by atoms with Crippen molar-refractivity contribution in [3.63, 3.8) is 0 Å². The van der Waals surface area contributed by atoms with Gasteiger partial charge in [0.15, 0.2) is 6.10 Å². The van der Waals surface area contributed by atoms with Crippen LogP contribution < -0.4 is 5.06 Å². The summed E-state index contributed by atoms with van der Waals surface area (Å²) in [6.07, 6.45) is 0.590. The maximum absolute atomic E-state index is 13.2. The van der Waals surface area contributed by atoms with Crippen LogP contribution in [0, 0.1) is 16.0 Å². The lowest BCUT2D eigenvalue weighted by Crippen LogP contribution is -2.37. The van der Waals surface area contributed by atoms with E-state index >= 15 is 0 Å². The van der Waals surface area contributed by atoms with Crippen LogP contribution >= 0.6 is 11.6 Å². The molecule has 2 amide bonds. The zero-order valence-corrected chi connectivity index (χ0v) is 17.0. The van der Waals surface area contributed by atoms with Gasteiger partial charge in [-0.1, -0.05) is 37.1 Å². The molecule has 2 saturated heterocycles. The zero-order chi connectivity index (χ0) is 21.4. The monoisotopic (exact) mass is 429 g/mol. The minimum atomic E-state index is -0.964. The maximum Gasteiger partial charge on any atom is 0.269 e. The van der Waals surface area contributed by atoms with Crippen LogP contribution in [-0.4, -0.2) is 34.3 Å². The molecular formula is C21H20ClN3O5. The third kappa shape index (κ3) is 3.42. The van der Waals surface area contributed by atoms with Crippen molar-refractivity contribution in [2.45, 2.75) is 31.9 Å². The number of imide groups is 1. The van der Waals surface area contributed by atoms with Crippen molar-refractivity contribution in [2.75, 3.05) is 11.6 Å². The normalized spacial score (nSPS) is 23.2. The zero-order valence-electron chi connectivity index (χ0n) is 16.2. The van der Waals surface area contributed by atoms with Gasteiger partial charge in [0, 0.05) is 23.7 Å². The highest BCUT2D eigenvalue weighted by Gasteiger charge is 2.59. The lowest BCUT2D eigenvalue weighted by Gasteiger charge is -2.28. The largest absolute Gasteiger partial charge is 0.280 e. The fraction of sp³-hybridized carbons (Fsp3) is 0.333. The number of nitro groups is 1. The maximum atomic E-state index is 13.2. The lowest BCUT2D eigenvalue weighted by atomic mass is 9.90. The van der Waals surface area contributed by atoms with E-state index in [4.69, 9.17) is 16.4 Å². The van der Waals surface area contributed by atoms with Gasteiger partial charge in [0.2, 0.25) is 5.91 Å². The van der Waals surface area contributed by atoms with Crippen LogP contribution in [0.5, 0.6) is 0 Å². The Kier molecular flexibility index (Phi) is 5.44. The molecule has 0 aromatic heterocycles. The molecule has 2 heterocycles. The molecule has 30 heavy (non-hydrogen) atoms. The number of non-ortho nitro benzene ring substituents is 1. The van der Waals surface area contributed by atoms with E-state index in [9.17, 15) is 19.7 Å². The lowest BCUT2D eigenvalue weighted by molar-refractivity contribution is -0.384. The molecule has 156 valence electrons. The molecular weight excluding hydrogens is 410 g/mol. The molecule has 0 aliphatic carbocycles. The van der Waals surface area contributed by atoms with Crippen molar-refractivity contribution in [2.24, 2.45) is 5.92 Å². The van der Waals surface area contributed by atoms with Gasteiger partial charge in [-0.25, -0.2) is 5.06 Å². The summed E-state index contributed by atoms with van der Waals surface area (Å²) in [4.78, 5) is 44.1. The first-order chi connectivity index (χ1) is 14.4. The smallest absolute Gasteiger partial charge is 0.269 e. The molecule has 3 atom stereocenters. The van der Waals surface area contributed by atoms with Crippen molar-refractivity contribution in [3.8, 4) is 0 Å². The summed E-state index contributed by atoms with van der Waals surface area (Å²) in [7, 11) is 0. The van der Waals surface area contributed by atoms with Crippen molar-refractivity contribution in [3.05, 3.63) is 69.2 Å². The van der Waals surface area contributed by atoms with E-state index in [1.807, 2.05) is 6.92 Å². The van der Waals surface area contributed by atoms with Crippen LogP contribution in [0.2, 0.25) is 5.02 Å². The number of carbonyl (C=O) groups excluding carboxylic acids is 2. The number of rotatable bonds is 6. The van der Waals surface area contributed by atoms with E-state index in [0.29, 0.717) is 29.2 Å². The van der Waals surface area contributed by atoms with Gasteiger partial charge in [-0.3, -0.25) is 29.4 Å². The molecule has 2 fully saturated rings. The molecule has 2 aromatic carbocycles. The highest BCUT2D eigenvalue weighted by molar-refractivity contribution is 6.30. The summed E-state index contributed by atoms with van der Waals surface area (Å²) in [5, 5.41) is 13.3. The molecule has 0 radical (unpaired) electrons. The minimum absolute atomic E-state index is 0.0911. The number of hydroxylamine groups is 1. The summed E-state index contributed by atoms with van der Waals surface area (Å²) in [6.45, 7) is 2.32. The second kappa shape index (κ2) is 8.04. The van der Waals surface area contributed by atoms with E-state index in [1.54, 1.807) is 36.4 Å². The van der Waals surface area contributed by atoms with Gasteiger partial charge in [-0.15, -0.1) is 0 Å². The Morgan fingerprint density at radius 2 is 1.87 bits per heavy atom. The Labute approximate surface area is 178 Å². The van der Waals surface area contributed by atoms with E-state index in [1.165, 1.54) is 22.1 Å². The van der Waals surface area contributed by atoms with Gasteiger partial charge in [-0.05, 0) is 36.2 Å². The Bertz CT molecular complexity index is 996. The number of nitro benzene ring substituents is 1. The quantitative estimate of drug-likeness (QED) is 0.393. The number of halogens is 1. The standard InChI is InChI=1S/C21H20ClN3O5/c1-2-3-11-23-20(26)17-18(13-5-4-6-16(12-13)25(28)29)24(30-19(17)21(23)27)15-9-7-14(22)8-10-15/h4-10,12,17-19H,2-3,11H2,1H3/t17-,18+,19+/m0/s1. The van der Waals surface area contributed by atoms with E-state index in [0.717, 1.165) is 6.42 Å². The number of benzene rings is 2. The first kappa shape index (κ1) is 20.3. The molecule has 0 spiro atoms. The molecule has 0 unspecified atom stereocenters. The number of fused-ring (bicyclic) bond motifs is 1. The van der Waals surface area contributed by atoms with Crippen LogP contribution in [0.1, 0.15) is 31.4 Å². The second-order valence-corrected chi connectivity index (χ2v) is 7.77. The van der Waals surface area contributed by atoms with Gasteiger partial charge < -0.3 is 0 Å². The molecule has 4 rings (SSSR count). The highest BCUT2D eigenvalue weighted by Crippen LogP contribution is 2.47. The third-order valence-electron chi connectivity index (χ3n) is 5.45. The summed E-state index contributed by atoms with van der Waals surface area (Å²) in [5.41, 5.74) is 1.04. The molecule has 2 aliphatic rings. The summed E-state index contributed by atoms with van der Waals surface area (Å²) in [6, 6.07) is 12.2. The van der Waals surface area contributed by atoms with Crippen LogP contribution in [0.25, 0.3) is 0 Å². The molecule has 0 bridgehead atoms. The van der Waals surface area contributed by atoms with Crippen molar-refractivity contribution >= 4 is 34.8 Å². The van der Waals surface area contributed by atoms with Crippen molar-refractivity contribution < 1.29 is 19.3 Å². The Hall–Kier alpha value is -2.97.